The molecule has 10 aromatic rings. The van der Waals surface area contributed by atoms with E-state index in [0.717, 1.165) is 33.9 Å². The lowest BCUT2D eigenvalue weighted by Gasteiger charge is -2.26. The maximum atomic E-state index is 5.05. The van der Waals surface area contributed by atoms with Crippen molar-refractivity contribution in [2.24, 2.45) is 0 Å². The zero-order valence-electron chi connectivity index (χ0n) is 33.5. The van der Waals surface area contributed by atoms with E-state index in [2.05, 4.69) is 194 Å². The van der Waals surface area contributed by atoms with Crippen LogP contribution < -0.4 is 0 Å². The maximum absolute atomic E-state index is 5.05. The molecule has 2 atom stereocenters. The zero-order valence-corrected chi connectivity index (χ0v) is 33.5. The molecule has 61 heavy (non-hydrogen) atoms. The molecule has 1 saturated carbocycles. The van der Waals surface area contributed by atoms with Crippen LogP contribution in [0.2, 0.25) is 0 Å². The molecule has 2 heteroatoms. The van der Waals surface area contributed by atoms with Crippen molar-refractivity contribution in [2.75, 3.05) is 0 Å². The molecule has 2 aliphatic rings. The van der Waals surface area contributed by atoms with Crippen LogP contribution in [0.25, 0.3) is 100 Å². The van der Waals surface area contributed by atoms with Gasteiger partial charge in [-0.15, -0.1) is 0 Å². The summed E-state index contributed by atoms with van der Waals surface area (Å²) in [5, 5.41) is 2.71. The van der Waals surface area contributed by atoms with E-state index in [0.29, 0.717) is 11.8 Å². The van der Waals surface area contributed by atoms with Gasteiger partial charge in [0.1, 0.15) is 0 Å². The summed E-state index contributed by atoms with van der Waals surface area (Å²) in [5.41, 5.74) is 20.8. The molecule has 0 aliphatic heterocycles. The molecule has 2 unspecified atom stereocenters. The molecular weight excluding hydrogens is 737 g/mol. The van der Waals surface area contributed by atoms with Gasteiger partial charge in [0.25, 0.3) is 0 Å². The van der Waals surface area contributed by atoms with Crippen molar-refractivity contribution in [3.63, 3.8) is 0 Å². The average molecular weight is 777 g/mol. The van der Waals surface area contributed by atoms with Gasteiger partial charge in [-0.1, -0.05) is 206 Å². The summed E-state index contributed by atoms with van der Waals surface area (Å²) in [7, 11) is 0. The summed E-state index contributed by atoms with van der Waals surface area (Å²) in [6.07, 6.45) is 1.20. The Labute approximate surface area is 356 Å². The predicted octanol–water partition coefficient (Wildman–Crippen LogP) is 15.6. The van der Waals surface area contributed by atoms with Gasteiger partial charge in [0.15, 0.2) is 5.82 Å². The van der Waals surface area contributed by atoms with Crippen molar-refractivity contribution in [2.45, 2.75) is 18.3 Å². The van der Waals surface area contributed by atoms with Crippen LogP contribution in [0.4, 0.5) is 0 Å². The Hall–Kier alpha value is -7.68. The molecule has 12 rings (SSSR count). The lowest BCUT2D eigenvalue weighted by Crippen LogP contribution is -2.03. The minimum Gasteiger partial charge on any atom is -0.228 e. The van der Waals surface area contributed by atoms with Gasteiger partial charge in [0, 0.05) is 16.7 Å². The maximum Gasteiger partial charge on any atom is 0.160 e. The van der Waals surface area contributed by atoms with E-state index >= 15 is 0 Å². The highest BCUT2D eigenvalue weighted by Crippen LogP contribution is 2.66. The fourth-order valence-electron chi connectivity index (χ4n) is 9.86. The van der Waals surface area contributed by atoms with Crippen molar-refractivity contribution in [1.82, 2.24) is 9.97 Å². The third-order valence-electron chi connectivity index (χ3n) is 12.9. The first kappa shape index (κ1) is 35.3. The quantitative estimate of drug-likeness (QED) is 0.161. The number of hydrogen-bond acceptors (Lipinski definition) is 2. The lowest BCUT2D eigenvalue weighted by molar-refractivity contribution is 1.02. The van der Waals surface area contributed by atoms with Gasteiger partial charge in [-0.3, -0.25) is 0 Å². The standard InChI is InChI=1S/C59H40N2/c1-4-15-40(16-5-1)45-21-10-11-22-46(45)49-25-14-26-50-52-35-51(47-23-12-13-24-48(47)58(52)54-36-53(54)57(49)50)41-31-27-38(28-32-41)39-29-33-43(34-30-39)56-37-55(42-17-6-2-7-18-42)60-59(61-56)44-19-8-3-9-20-44/h1-35,37,53-54H,36H2. The first-order valence-electron chi connectivity index (χ1n) is 21.3. The fourth-order valence-corrected chi connectivity index (χ4v) is 9.86. The molecule has 286 valence electrons. The van der Waals surface area contributed by atoms with E-state index in [1.807, 2.05) is 24.3 Å². The minimum atomic E-state index is 0.536. The monoisotopic (exact) mass is 776 g/mol. The summed E-state index contributed by atoms with van der Waals surface area (Å²) in [6, 6.07) is 78.9. The van der Waals surface area contributed by atoms with E-state index in [1.54, 1.807) is 0 Å². The number of fused-ring (bicyclic) bond motifs is 8. The van der Waals surface area contributed by atoms with Crippen LogP contribution >= 0.6 is 0 Å². The Morgan fingerprint density at radius 2 is 0.721 bits per heavy atom. The second-order valence-electron chi connectivity index (χ2n) is 16.4. The van der Waals surface area contributed by atoms with Crippen molar-refractivity contribution in [3.05, 3.63) is 230 Å². The Morgan fingerprint density at radius 1 is 0.279 bits per heavy atom. The minimum absolute atomic E-state index is 0.536. The SMILES string of the molecule is c1ccc(-c2cc(-c3ccc(-c4ccc(-c5cc6c(c7ccccc57)C5CC5c5c(-c7ccccc7-c7ccccc7)cccc5-6)cc4)cc3)nc(-c3ccccc3)n2)cc1. The number of nitrogens with zero attached hydrogens (tertiary/aromatic N) is 2. The summed E-state index contributed by atoms with van der Waals surface area (Å²) >= 11 is 0. The first-order valence-corrected chi connectivity index (χ1v) is 21.3. The molecule has 0 radical (unpaired) electrons. The smallest absolute Gasteiger partial charge is 0.160 e. The molecule has 2 aliphatic carbocycles. The van der Waals surface area contributed by atoms with Crippen LogP contribution in [0.5, 0.6) is 0 Å². The van der Waals surface area contributed by atoms with Crippen molar-refractivity contribution in [1.29, 1.82) is 0 Å². The number of benzene rings is 9. The summed E-state index contributed by atoms with van der Waals surface area (Å²) in [6.45, 7) is 0. The molecule has 0 bridgehead atoms. The summed E-state index contributed by atoms with van der Waals surface area (Å²) < 4.78 is 0. The molecule has 1 aromatic heterocycles. The molecule has 1 fully saturated rings. The van der Waals surface area contributed by atoms with Crippen LogP contribution in [0.15, 0.2) is 218 Å². The largest absolute Gasteiger partial charge is 0.228 e. The van der Waals surface area contributed by atoms with Crippen LogP contribution in [-0.2, 0) is 0 Å². The Balaban J connectivity index is 0.907. The first-order chi connectivity index (χ1) is 30.2. The third kappa shape index (κ3) is 6.19. The molecule has 9 aromatic carbocycles. The van der Waals surface area contributed by atoms with Gasteiger partial charge in [-0.05, 0) is 108 Å². The molecule has 2 nitrogen and oxygen atoms in total. The highest BCUT2D eigenvalue weighted by Gasteiger charge is 2.47. The van der Waals surface area contributed by atoms with E-state index in [1.165, 1.54) is 84.0 Å². The van der Waals surface area contributed by atoms with E-state index < -0.39 is 0 Å². The molecule has 0 amide bonds. The Bertz CT molecular complexity index is 3190. The van der Waals surface area contributed by atoms with Crippen molar-refractivity contribution in [3.8, 4) is 89.5 Å². The summed E-state index contributed by atoms with van der Waals surface area (Å²) in [5.74, 6) is 1.79. The van der Waals surface area contributed by atoms with Gasteiger partial charge in [-0.2, -0.15) is 0 Å². The normalized spacial score (nSPS) is 14.8. The van der Waals surface area contributed by atoms with E-state index in [4.69, 9.17) is 9.97 Å². The summed E-state index contributed by atoms with van der Waals surface area (Å²) in [4.78, 5) is 10.0. The molecule has 1 heterocycles. The zero-order chi connectivity index (χ0) is 40.3. The van der Waals surface area contributed by atoms with Crippen molar-refractivity contribution >= 4 is 10.8 Å². The molecule has 0 spiro atoms. The topological polar surface area (TPSA) is 25.8 Å². The van der Waals surface area contributed by atoms with Crippen LogP contribution in [-0.4, -0.2) is 9.97 Å². The highest BCUT2D eigenvalue weighted by atomic mass is 14.9. The van der Waals surface area contributed by atoms with Crippen LogP contribution in [0.3, 0.4) is 0 Å². The second kappa shape index (κ2) is 14.5. The van der Waals surface area contributed by atoms with Gasteiger partial charge < -0.3 is 0 Å². The molecule has 0 N–H and O–H groups in total. The van der Waals surface area contributed by atoms with Gasteiger partial charge >= 0.3 is 0 Å². The molecule has 0 saturated heterocycles. The second-order valence-corrected chi connectivity index (χ2v) is 16.4. The van der Waals surface area contributed by atoms with E-state index in [9.17, 15) is 0 Å². The number of aromatic nitrogens is 2. The van der Waals surface area contributed by atoms with E-state index in [-0.39, 0.29) is 0 Å². The highest BCUT2D eigenvalue weighted by molar-refractivity contribution is 6.05. The van der Waals surface area contributed by atoms with Crippen molar-refractivity contribution < 1.29 is 0 Å². The van der Waals surface area contributed by atoms with Gasteiger partial charge in [0.2, 0.25) is 0 Å². The number of hydrogen-bond donors (Lipinski definition) is 0. The van der Waals surface area contributed by atoms with Crippen LogP contribution in [0, 0.1) is 0 Å². The molecular formula is C59H40N2. The van der Waals surface area contributed by atoms with Gasteiger partial charge in [-0.25, -0.2) is 9.97 Å². The lowest BCUT2D eigenvalue weighted by atomic mass is 9.77. The Kier molecular flexibility index (Phi) is 8.41. The third-order valence-corrected chi connectivity index (χ3v) is 12.9. The number of rotatable bonds is 7. The van der Waals surface area contributed by atoms with Crippen LogP contribution in [0.1, 0.15) is 29.4 Å². The fraction of sp³-hybridized carbons (Fsp3) is 0.0508. The average Bonchev–Trinajstić information content (AvgIpc) is 4.16. The Morgan fingerprint density at radius 3 is 1.38 bits per heavy atom. The predicted molar refractivity (Wildman–Crippen MR) is 253 cm³/mol. The van der Waals surface area contributed by atoms with Gasteiger partial charge in [0.05, 0.1) is 11.4 Å².